The molecule has 3 rings (SSSR count). The maximum absolute atomic E-state index is 11.4. The molecule has 180 valence electrons. The van der Waals surface area contributed by atoms with Crippen LogP contribution in [-0.2, 0) is 0 Å². The number of aromatic hydroxyl groups is 1. The highest BCUT2D eigenvalue weighted by Crippen LogP contribution is 2.39. The standard InChI is InChI=1S/C26H29N7O2/c1-31-10-7-23(29)21-5-4-20(18-3-6-24(35)19(13-18)15-34)25(22(21)14-27)33-11-8-17(9-12-33)26(30)32(2)16-28/h3-7,10,13,15-17,28-31,35H,8-9,11-12H2,1-2H3/b10-7-,28-16?,29-23?,30-26?. The van der Waals surface area contributed by atoms with Crippen LogP contribution < -0.4 is 10.2 Å². The van der Waals surface area contributed by atoms with Gasteiger partial charge in [0.15, 0.2) is 6.29 Å². The van der Waals surface area contributed by atoms with Crippen molar-refractivity contribution in [3.63, 3.8) is 0 Å². The zero-order chi connectivity index (χ0) is 25.5. The van der Waals surface area contributed by atoms with E-state index >= 15 is 0 Å². The van der Waals surface area contributed by atoms with Crippen molar-refractivity contribution in [3.05, 3.63) is 59.3 Å². The fourth-order valence-electron chi connectivity index (χ4n) is 4.30. The van der Waals surface area contributed by atoms with E-state index in [1.54, 1.807) is 44.6 Å². The molecule has 0 aliphatic carbocycles. The highest BCUT2D eigenvalue weighted by molar-refractivity contribution is 6.10. The molecule has 0 bridgehead atoms. The van der Waals surface area contributed by atoms with Crippen molar-refractivity contribution >= 4 is 29.9 Å². The van der Waals surface area contributed by atoms with Gasteiger partial charge in [-0.2, -0.15) is 5.26 Å². The number of piperidine rings is 1. The molecule has 5 N–H and O–H groups in total. The maximum atomic E-state index is 11.4. The number of phenolic OH excluding ortho intramolecular Hbond substituents is 1. The summed E-state index contributed by atoms with van der Waals surface area (Å²) in [7, 11) is 3.42. The Balaban J connectivity index is 2.11. The van der Waals surface area contributed by atoms with Crippen LogP contribution in [0.15, 0.2) is 42.6 Å². The summed E-state index contributed by atoms with van der Waals surface area (Å²) in [5, 5.41) is 47.2. The molecular formula is C26H29N7O2. The van der Waals surface area contributed by atoms with Gasteiger partial charge in [0, 0.05) is 44.2 Å². The van der Waals surface area contributed by atoms with Crippen LogP contribution in [0.25, 0.3) is 11.1 Å². The molecule has 2 aromatic carbocycles. The summed E-state index contributed by atoms with van der Waals surface area (Å²) in [5.41, 5.74) is 3.27. The molecule has 2 aromatic rings. The largest absolute Gasteiger partial charge is 0.507 e. The summed E-state index contributed by atoms with van der Waals surface area (Å²) < 4.78 is 0. The predicted molar refractivity (Wildman–Crippen MR) is 138 cm³/mol. The molecule has 1 aliphatic rings. The average Bonchev–Trinajstić information content (AvgIpc) is 2.90. The Hall–Kier alpha value is -4.45. The minimum Gasteiger partial charge on any atom is -0.507 e. The van der Waals surface area contributed by atoms with Gasteiger partial charge in [0.2, 0.25) is 0 Å². The first kappa shape index (κ1) is 25.2. The van der Waals surface area contributed by atoms with E-state index in [-0.39, 0.29) is 22.9 Å². The Morgan fingerprint density at radius 2 is 1.97 bits per heavy atom. The Kier molecular flexibility index (Phi) is 8.00. The van der Waals surface area contributed by atoms with E-state index in [2.05, 4.69) is 16.3 Å². The molecule has 0 amide bonds. The van der Waals surface area contributed by atoms with Gasteiger partial charge in [-0.25, -0.2) is 0 Å². The van der Waals surface area contributed by atoms with Gasteiger partial charge < -0.3 is 25.6 Å². The zero-order valence-corrected chi connectivity index (χ0v) is 19.8. The Morgan fingerprint density at radius 3 is 2.57 bits per heavy atom. The molecule has 1 heterocycles. The first-order valence-corrected chi connectivity index (χ1v) is 11.2. The number of amidine groups is 1. The number of benzene rings is 2. The van der Waals surface area contributed by atoms with Crippen LogP contribution in [0.1, 0.15) is 34.3 Å². The number of nitriles is 1. The normalized spacial score (nSPS) is 13.8. The molecule has 0 radical (unpaired) electrons. The quantitative estimate of drug-likeness (QED) is 0.225. The van der Waals surface area contributed by atoms with Gasteiger partial charge in [-0.15, -0.1) is 0 Å². The number of hydrogen-bond donors (Lipinski definition) is 5. The second kappa shape index (κ2) is 11.1. The Bertz CT molecular complexity index is 1220. The highest BCUT2D eigenvalue weighted by atomic mass is 16.3. The summed E-state index contributed by atoms with van der Waals surface area (Å²) in [6.45, 7) is 1.17. The van der Waals surface area contributed by atoms with E-state index in [4.69, 9.17) is 16.2 Å². The van der Waals surface area contributed by atoms with Gasteiger partial charge in [0.25, 0.3) is 0 Å². The molecule has 1 fully saturated rings. The number of nitrogens with one attached hydrogen (secondary N) is 4. The molecule has 0 saturated carbocycles. The molecular weight excluding hydrogens is 442 g/mol. The molecule has 0 unspecified atom stereocenters. The number of rotatable bonds is 8. The average molecular weight is 472 g/mol. The van der Waals surface area contributed by atoms with Crippen LogP contribution in [0.2, 0.25) is 0 Å². The zero-order valence-electron chi connectivity index (χ0n) is 19.8. The van der Waals surface area contributed by atoms with Gasteiger partial charge in [-0.05, 0) is 42.8 Å². The van der Waals surface area contributed by atoms with Crippen LogP contribution in [0.5, 0.6) is 5.75 Å². The molecule has 9 nitrogen and oxygen atoms in total. The van der Waals surface area contributed by atoms with E-state index in [9.17, 15) is 15.2 Å². The topological polar surface area (TPSA) is 151 Å². The number of carbonyl (C=O) groups is 1. The third kappa shape index (κ3) is 5.22. The SMILES string of the molecule is CN/C=C\C(=N)c1ccc(-c2ccc(O)c(C=O)c2)c(N2CCC(C(=N)N(C)C=N)CC2)c1C#N. The molecule has 1 saturated heterocycles. The molecule has 9 heteroatoms. The summed E-state index contributed by atoms with van der Waals surface area (Å²) in [4.78, 5) is 15.0. The lowest BCUT2D eigenvalue weighted by atomic mass is 9.90. The van der Waals surface area contributed by atoms with Crippen LogP contribution in [0, 0.1) is 33.5 Å². The van der Waals surface area contributed by atoms with Gasteiger partial charge in [-0.1, -0.05) is 18.2 Å². The van der Waals surface area contributed by atoms with E-state index in [0.717, 1.165) is 11.9 Å². The molecule has 0 atom stereocenters. The number of anilines is 1. The van der Waals surface area contributed by atoms with Crippen molar-refractivity contribution in [2.24, 2.45) is 5.92 Å². The summed E-state index contributed by atoms with van der Waals surface area (Å²) in [6.07, 6.45) is 6.29. The highest BCUT2D eigenvalue weighted by Gasteiger charge is 2.28. The number of aldehydes is 1. The van der Waals surface area contributed by atoms with E-state index < -0.39 is 0 Å². The van der Waals surface area contributed by atoms with Crippen LogP contribution in [0.4, 0.5) is 5.69 Å². The minimum absolute atomic E-state index is 0.00205. The number of carbonyl (C=O) groups excluding carboxylic acids is 1. The van der Waals surface area contributed by atoms with Crippen molar-refractivity contribution in [1.82, 2.24) is 10.2 Å². The van der Waals surface area contributed by atoms with E-state index in [1.807, 2.05) is 6.07 Å². The van der Waals surface area contributed by atoms with Crippen molar-refractivity contribution < 1.29 is 9.90 Å². The number of phenols is 1. The maximum Gasteiger partial charge on any atom is 0.153 e. The van der Waals surface area contributed by atoms with E-state index in [1.165, 1.54) is 11.0 Å². The van der Waals surface area contributed by atoms with Gasteiger partial charge >= 0.3 is 0 Å². The van der Waals surface area contributed by atoms with Gasteiger partial charge in [-0.3, -0.25) is 15.6 Å². The number of hydrogen-bond acceptors (Lipinski definition) is 8. The third-order valence-corrected chi connectivity index (χ3v) is 6.23. The minimum atomic E-state index is -0.115. The fourth-order valence-corrected chi connectivity index (χ4v) is 4.30. The van der Waals surface area contributed by atoms with E-state index in [0.29, 0.717) is 60.4 Å². The van der Waals surface area contributed by atoms with Crippen molar-refractivity contribution in [3.8, 4) is 22.9 Å². The van der Waals surface area contributed by atoms with Gasteiger partial charge in [0.05, 0.1) is 28.9 Å². The second-order valence-corrected chi connectivity index (χ2v) is 8.31. The monoisotopic (exact) mass is 471 g/mol. The molecule has 1 aliphatic heterocycles. The second-order valence-electron chi connectivity index (χ2n) is 8.31. The van der Waals surface area contributed by atoms with Crippen molar-refractivity contribution in [2.45, 2.75) is 12.8 Å². The van der Waals surface area contributed by atoms with Crippen LogP contribution in [-0.4, -0.2) is 61.4 Å². The lowest BCUT2D eigenvalue weighted by Gasteiger charge is -2.37. The van der Waals surface area contributed by atoms with Gasteiger partial charge in [0.1, 0.15) is 17.7 Å². The number of allylic oxidation sites excluding steroid dienone is 1. The van der Waals surface area contributed by atoms with Crippen molar-refractivity contribution in [1.29, 1.82) is 21.5 Å². The summed E-state index contributed by atoms with van der Waals surface area (Å²) >= 11 is 0. The summed E-state index contributed by atoms with van der Waals surface area (Å²) in [6, 6.07) is 10.6. The smallest absolute Gasteiger partial charge is 0.153 e. The predicted octanol–water partition coefficient (Wildman–Crippen LogP) is 3.58. The molecule has 0 spiro atoms. The lowest BCUT2D eigenvalue weighted by Crippen LogP contribution is -2.41. The molecule has 0 aromatic heterocycles. The lowest BCUT2D eigenvalue weighted by molar-refractivity contribution is 0.112. The summed E-state index contributed by atoms with van der Waals surface area (Å²) in [5.74, 6) is 0.278. The molecule has 35 heavy (non-hydrogen) atoms. The Morgan fingerprint density at radius 1 is 1.26 bits per heavy atom. The van der Waals surface area contributed by atoms with Crippen molar-refractivity contribution in [2.75, 3.05) is 32.1 Å². The van der Waals surface area contributed by atoms with Crippen LogP contribution >= 0.6 is 0 Å². The Labute approximate surface area is 204 Å². The first-order chi connectivity index (χ1) is 16.9. The fraction of sp³-hybridized carbons (Fsp3) is 0.269. The third-order valence-electron chi connectivity index (χ3n) is 6.23. The number of nitrogens with zero attached hydrogens (tertiary/aromatic N) is 3. The van der Waals surface area contributed by atoms with Crippen LogP contribution in [0.3, 0.4) is 0 Å². The first-order valence-electron chi connectivity index (χ1n) is 11.2.